The smallest absolute Gasteiger partial charge is 0.248 e. The van der Waals surface area contributed by atoms with Crippen molar-refractivity contribution in [3.05, 3.63) is 59.0 Å². The monoisotopic (exact) mass is 484 g/mol. The number of rotatable bonds is 5. The van der Waals surface area contributed by atoms with Gasteiger partial charge in [0.1, 0.15) is 23.3 Å². The van der Waals surface area contributed by atoms with Gasteiger partial charge < -0.3 is 18.7 Å². The molecule has 3 aromatic rings. The highest BCUT2D eigenvalue weighted by Crippen LogP contribution is 2.41. The first-order chi connectivity index (χ1) is 16.3. The lowest BCUT2D eigenvalue weighted by Crippen LogP contribution is -2.33. The summed E-state index contributed by atoms with van der Waals surface area (Å²) in [7, 11) is -3.83. The van der Waals surface area contributed by atoms with Crippen molar-refractivity contribution in [2.24, 2.45) is 0 Å². The lowest BCUT2D eigenvalue weighted by molar-refractivity contribution is 0.137. The molecule has 0 bridgehead atoms. The molecule has 2 aliphatic rings. The third kappa shape index (κ3) is 4.19. The van der Waals surface area contributed by atoms with Crippen molar-refractivity contribution in [2.45, 2.75) is 44.7 Å². The second kappa shape index (κ2) is 9.05. The number of hydrogen-bond donors (Lipinski definition) is 0. The number of benzene rings is 2. The molecule has 0 spiro atoms. The maximum Gasteiger partial charge on any atom is 0.248 e. The van der Waals surface area contributed by atoms with E-state index in [1.807, 2.05) is 24.3 Å². The van der Waals surface area contributed by atoms with Gasteiger partial charge in [-0.1, -0.05) is 29.4 Å². The Morgan fingerprint density at radius 1 is 1.12 bits per heavy atom. The van der Waals surface area contributed by atoms with Crippen molar-refractivity contribution in [3.8, 4) is 22.6 Å². The molecule has 1 fully saturated rings. The standard InChI is InChI=1S/C25H28N2O6S/c1-16-6-4-5-7-22(16)19-12-20-14-27(34(28,29)25-17(2)26-33-18(25)3)9-11-31-24(20)23(13-19)32-21-8-10-30-15-21/h4-7,12-13,21H,8-11,14-15H2,1-3H3/t21-/m1/s1. The molecule has 2 aliphatic heterocycles. The van der Waals surface area contributed by atoms with Crippen LogP contribution in [0.25, 0.3) is 11.1 Å². The average molecular weight is 485 g/mol. The number of aromatic nitrogens is 1. The quantitative estimate of drug-likeness (QED) is 0.540. The van der Waals surface area contributed by atoms with Crippen LogP contribution in [0.2, 0.25) is 0 Å². The van der Waals surface area contributed by atoms with E-state index in [1.54, 1.807) is 13.8 Å². The number of nitrogens with zero attached hydrogens (tertiary/aromatic N) is 2. The zero-order valence-corrected chi connectivity index (χ0v) is 20.4. The molecule has 180 valence electrons. The Labute approximate surface area is 199 Å². The minimum Gasteiger partial charge on any atom is -0.488 e. The summed E-state index contributed by atoms with van der Waals surface area (Å²) < 4.78 is 51.6. The molecule has 1 atom stereocenters. The predicted molar refractivity (Wildman–Crippen MR) is 126 cm³/mol. The number of sulfonamides is 1. The number of ether oxygens (including phenoxy) is 3. The third-order valence-corrected chi connectivity index (χ3v) is 8.36. The van der Waals surface area contributed by atoms with E-state index in [4.69, 9.17) is 18.7 Å². The molecule has 0 aliphatic carbocycles. The summed E-state index contributed by atoms with van der Waals surface area (Å²) in [6.07, 6.45) is 0.737. The molecule has 34 heavy (non-hydrogen) atoms. The van der Waals surface area contributed by atoms with Crippen molar-refractivity contribution in [2.75, 3.05) is 26.4 Å². The molecule has 0 radical (unpaired) electrons. The second-order valence-electron chi connectivity index (χ2n) is 8.72. The van der Waals surface area contributed by atoms with Crippen molar-refractivity contribution >= 4 is 10.0 Å². The van der Waals surface area contributed by atoms with E-state index in [2.05, 4.69) is 24.2 Å². The first-order valence-electron chi connectivity index (χ1n) is 11.4. The first-order valence-corrected chi connectivity index (χ1v) is 12.8. The van der Waals surface area contributed by atoms with E-state index in [-0.39, 0.29) is 36.5 Å². The minimum absolute atomic E-state index is 0.0646. The number of hydrogen-bond acceptors (Lipinski definition) is 7. The second-order valence-corrected chi connectivity index (χ2v) is 10.6. The van der Waals surface area contributed by atoms with Crippen LogP contribution in [0.5, 0.6) is 11.5 Å². The Morgan fingerprint density at radius 2 is 1.94 bits per heavy atom. The van der Waals surface area contributed by atoms with Gasteiger partial charge in [-0.3, -0.25) is 0 Å². The molecule has 9 heteroatoms. The summed E-state index contributed by atoms with van der Waals surface area (Å²) in [5.74, 6) is 1.48. The molecular formula is C25H28N2O6S. The summed E-state index contributed by atoms with van der Waals surface area (Å²) in [4.78, 5) is 0.116. The SMILES string of the molecule is Cc1ccccc1-c1cc2c(c(O[C@@H]3CCOC3)c1)OCCN(S(=O)(=O)c1c(C)noc1C)C2. The van der Waals surface area contributed by atoms with Gasteiger partial charge in [0.15, 0.2) is 17.3 Å². The zero-order chi connectivity index (χ0) is 23.9. The van der Waals surface area contributed by atoms with Crippen LogP contribution in [0.3, 0.4) is 0 Å². The van der Waals surface area contributed by atoms with Gasteiger partial charge in [-0.2, -0.15) is 4.31 Å². The molecular weight excluding hydrogens is 456 g/mol. The summed E-state index contributed by atoms with van der Waals surface area (Å²) in [5.41, 5.74) is 4.23. The van der Waals surface area contributed by atoms with Crippen molar-refractivity contribution in [3.63, 3.8) is 0 Å². The van der Waals surface area contributed by atoms with E-state index >= 15 is 0 Å². The van der Waals surface area contributed by atoms with E-state index in [1.165, 1.54) is 4.31 Å². The van der Waals surface area contributed by atoms with Crippen LogP contribution in [-0.4, -0.2) is 50.3 Å². The average Bonchev–Trinajstić information content (AvgIpc) is 3.37. The van der Waals surface area contributed by atoms with Gasteiger partial charge in [0.05, 0.1) is 13.2 Å². The fourth-order valence-electron chi connectivity index (χ4n) is 4.56. The molecule has 0 saturated carbocycles. The number of fused-ring (bicyclic) bond motifs is 1. The first kappa shape index (κ1) is 22.9. The lowest BCUT2D eigenvalue weighted by atomic mass is 9.98. The molecule has 3 heterocycles. The molecule has 0 unspecified atom stereocenters. The van der Waals surface area contributed by atoms with Crippen LogP contribution >= 0.6 is 0 Å². The van der Waals surface area contributed by atoms with E-state index in [9.17, 15) is 8.42 Å². The predicted octanol–water partition coefficient (Wildman–Crippen LogP) is 4.02. The van der Waals surface area contributed by atoms with Crippen LogP contribution in [-0.2, 0) is 21.3 Å². The van der Waals surface area contributed by atoms with Gasteiger partial charge >= 0.3 is 0 Å². The van der Waals surface area contributed by atoms with Crippen LogP contribution in [0.4, 0.5) is 0 Å². The van der Waals surface area contributed by atoms with Crippen molar-refractivity contribution < 1.29 is 27.2 Å². The largest absolute Gasteiger partial charge is 0.488 e. The zero-order valence-electron chi connectivity index (χ0n) is 19.5. The van der Waals surface area contributed by atoms with Crippen LogP contribution < -0.4 is 9.47 Å². The Morgan fingerprint density at radius 3 is 2.65 bits per heavy atom. The molecule has 5 rings (SSSR count). The fraction of sp³-hybridized carbons (Fsp3) is 0.400. The highest BCUT2D eigenvalue weighted by atomic mass is 32.2. The summed E-state index contributed by atoms with van der Waals surface area (Å²) >= 11 is 0. The van der Waals surface area contributed by atoms with E-state index < -0.39 is 10.0 Å². The molecule has 0 amide bonds. The molecule has 0 N–H and O–H groups in total. The van der Waals surface area contributed by atoms with Crippen molar-refractivity contribution in [1.82, 2.24) is 9.46 Å². The van der Waals surface area contributed by atoms with Gasteiger partial charge in [0.2, 0.25) is 10.0 Å². The Hall–Kier alpha value is -2.88. The van der Waals surface area contributed by atoms with Crippen LogP contribution in [0.15, 0.2) is 45.8 Å². The van der Waals surface area contributed by atoms with Gasteiger partial charge in [-0.05, 0) is 49.6 Å². The molecule has 8 nitrogen and oxygen atoms in total. The third-order valence-electron chi connectivity index (χ3n) is 6.27. The maximum atomic E-state index is 13.5. The summed E-state index contributed by atoms with van der Waals surface area (Å²) in [6, 6.07) is 12.1. The van der Waals surface area contributed by atoms with E-state index in [0.29, 0.717) is 30.4 Å². The normalized spacial score (nSPS) is 18.9. The lowest BCUT2D eigenvalue weighted by Gasteiger charge is -2.21. The van der Waals surface area contributed by atoms with Gasteiger partial charge in [0, 0.05) is 25.1 Å². The maximum absolute atomic E-state index is 13.5. The van der Waals surface area contributed by atoms with Crippen LogP contribution in [0, 0.1) is 20.8 Å². The minimum atomic E-state index is -3.83. The summed E-state index contributed by atoms with van der Waals surface area (Å²) in [5, 5.41) is 3.84. The van der Waals surface area contributed by atoms with Gasteiger partial charge in [0.25, 0.3) is 0 Å². The highest BCUT2D eigenvalue weighted by Gasteiger charge is 2.34. The van der Waals surface area contributed by atoms with Crippen molar-refractivity contribution in [1.29, 1.82) is 0 Å². The Balaban J connectivity index is 1.59. The Kier molecular flexibility index (Phi) is 6.09. The van der Waals surface area contributed by atoms with Crippen LogP contribution in [0.1, 0.15) is 29.0 Å². The van der Waals surface area contributed by atoms with E-state index in [0.717, 1.165) is 28.7 Å². The van der Waals surface area contributed by atoms with Gasteiger partial charge in [-0.25, -0.2) is 8.42 Å². The number of aryl methyl sites for hydroxylation is 3. The highest BCUT2D eigenvalue weighted by molar-refractivity contribution is 7.89. The summed E-state index contributed by atoms with van der Waals surface area (Å²) in [6.45, 7) is 7.04. The molecule has 2 aromatic carbocycles. The Bertz CT molecular complexity index is 1290. The molecule has 1 saturated heterocycles. The molecule has 1 aromatic heterocycles. The fourth-order valence-corrected chi connectivity index (χ4v) is 6.26. The topological polar surface area (TPSA) is 91.1 Å². The van der Waals surface area contributed by atoms with Gasteiger partial charge in [-0.15, -0.1) is 0 Å².